The molecule has 0 radical (unpaired) electrons. The summed E-state index contributed by atoms with van der Waals surface area (Å²) in [4.78, 5) is 24.4. The van der Waals surface area contributed by atoms with Gasteiger partial charge in [-0.3, -0.25) is 9.59 Å². The number of ketones is 1. The lowest BCUT2D eigenvalue weighted by molar-refractivity contribution is -0.280. The van der Waals surface area contributed by atoms with E-state index in [2.05, 4.69) is 13.8 Å². The topological polar surface area (TPSA) is 61.8 Å². The molecule has 190 valence electrons. The number of methoxy groups -OCH3 is 1. The van der Waals surface area contributed by atoms with Crippen molar-refractivity contribution in [1.82, 2.24) is 0 Å². The molecule has 0 aromatic rings. The van der Waals surface area contributed by atoms with Crippen LogP contribution in [-0.4, -0.2) is 37.4 Å². The van der Waals surface area contributed by atoms with Crippen LogP contribution < -0.4 is 0 Å². The molecule has 0 spiro atoms. The minimum absolute atomic E-state index is 0.168. The smallest absolute Gasteiger partial charge is 0.302 e. The lowest BCUT2D eigenvalue weighted by Gasteiger charge is -2.60. The molecule has 5 aliphatic carbocycles. The van der Waals surface area contributed by atoms with E-state index in [0.717, 1.165) is 44.9 Å². The van der Waals surface area contributed by atoms with E-state index in [4.69, 9.17) is 14.2 Å². The Kier molecular flexibility index (Phi) is 6.50. The molecule has 0 N–H and O–H groups in total. The van der Waals surface area contributed by atoms with E-state index in [1.54, 1.807) is 0 Å². The molecule has 0 saturated heterocycles. The second-order valence-corrected chi connectivity index (χ2v) is 12.4. The highest BCUT2D eigenvalue weighted by molar-refractivity contribution is 5.92. The molecule has 0 aromatic heterocycles. The quantitative estimate of drug-likeness (QED) is 0.363. The molecule has 0 amide bonds. The monoisotopic (exact) mass is 472 g/mol. The van der Waals surface area contributed by atoms with Crippen molar-refractivity contribution in [2.75, 3.05) is 13.7 Å². The van der Waals surface area contributed by atoms with Gasteiger partial charge in [-0.05, 0) is 86.5 Å². The zero-order chi connectivity index (χ0) is 24.1. The van der Waals surface area contributed by atoms with Gasteiger partial charge in [0.1, 0.15) is 6.61 Å². The van der Waals surface area contributed by atoms with Crippen LogP contribution in [0.25, 0.3) is 0 Å². The first-order valence-corrected chi connectivity index (χ1v) is 13.8. The molecule has 34 heavy (non-hydrogen) atoms. The highest BCUT2D eigenvalue weighted by Crippen LogP contribution is 2.67. The molecular weight excluding hydrogens is 428 g/mol. The summed E-state index contributed by atoms with van der Waals surface area (Å²) < 4.78 is 18.7. The molecular formula is C29H44O5. The van der Waals surface area contributed by atoms with Crippen LogP contribution >= 0.6 is 0 Å². The summed E-state index contributed by atoms with van der Waals surface area (Å²) >= 11 is 0. The summed E-state index contributed by atoms with van der Waals surface area (Å²) in [5, 5.41) is 0. The van der Waals surface area contributed by atoms with Crippen molar-refractivity contribution in [3.63, 3.8) is 0 Å². The molecule has 5 nitrogen and oxygen atoms in total. The molecule has 5 rings (SSSR count). The second-order valence-electron chi connectivity index (χ2n) is 12.4. The summed E-state index contributed by atoms with van der Waals surface area (Å²) in [5.41, 5.74) is 1.25. The molecule has 0 bridgehead atoms. The minimum atomic E-state index is -0.394. The van der Waals surface area contributed by atoms with Gasteiger partial charge in [0.05, 0.1) is 6.10 Å². The predicted octanol–water partition coefficient (Wildman–Crippen LogP) is 6.00. The van der Waals surface area contributed by atoms with Gasteiger partial charge in [0, 0.05) is 38.7 Å². The molecule has 0 aromatic carbocycles. The van der Waals surface area contributed by atoms with Crippen molar-refractivity contribution in [3.8, 4) is 0 Å². The SMILES string of the molecule is COC1(O[C@H]2CC[C@H]3[C@@H]4CCC5=CC(=O)C[C@@H](C)[C@]5(COC(C)=O)[C@H]4CC[C@]23C)CCCCC1. The third-order valence-corrected chi connectivity index (χ3v) is 10.9. The fraction of sp³-hybridized carbons (Fsp3) is 0.862. The fourth-order valence-electron chi connectivity index (χ4n) is 9.18. The summed E-state index contributed by atoms with van der Waals surface area (Å²) in [6.07, 6.45) is 15.1. The highest BCUT2D eigenvalue weighted by Gasteiger charge is 2.63. The first-order chi connectivity index (χ1) is 16.2. The van der Waals surface area contributed by atoms with Crippen molar-refractivity contribution in [3.05, 3.63) is 11.6 Å². The average Bonchev–Trinajstić information content (AvgIpc) is 3.14. The van der Waals surface area contributed by atoms with Gasteiger partial charge in [0.15, 0.2) is 11.6 Å². The van der Waals surface area contributed by atoms with Gasteiger partial charge < -0.3 is 14.2 Å². The summed E-state index contributed by atoms with van der Waals surface area (Å²) in [5.74, 6) is 1.53. The Labute approximate surface area is 205 Å². The van der Waals surface area contributed by atoms with Crippen LogP contribution in [0.3, 0.4) is 0 Å². The fourth-order valence-corrected chi connectivity index (χ4v) is 9.18. The van der Waals surface area contributed by atoms with Gasteiger partial charge in [0.25, 0.3) is 0 Å². The number of esters is 1. The highest BCUT2D eigenvalue weighted by atomic mass is 16.7. The zero-order valence-corrected chi connectivity index (χ0v) is 21.7. The van der Waals surface area contributed by atoms with E-state index in [-0.39, 0.29) is 34.6 Å². The Bertz CT molecular complexity index is 841. The maximum Gasteiger partial charge on any atom is 0.302 e. The molecule has 0 aliphatic heterocycles. The number of hydrogen-bond donors (Lipinski definition) is 0. The number of ether oxygens (including phenoxy) is 3. The van der Waals surface area contributed by atoms with Gasteiger partial charge in [-0.2, -0.15) is 0 Å². The van der Waals surface area contributed by atoms with Crippen LogP contribution in [0, 0.1) is 34.5 Å². The van der Waals surface area contributed by atoms with Crippen LogP contribution in [0.15, 0.2) is 11.6 Å². The van der Waals surface area contributed by atoms with E-state index < -0.39 is 5.79 Å². The number of hydrogen-bond acceptors (Lipinski definition) is 5. The Morgan fingerprint density at radius 2 is 1.82 bits per heavy atom. The molecule has 5 aliphatic rings. The Balaban J connectivity index is 1.42. The van der Waals surface area contributed by atoms with Gasteiger partial charge in [-0.15, -0.1) is 0 Å². The van der Waals surface area contributed by atoms with Crippen LogP contribution in [0.2, 0.25) is 0 Å². The van der Waals surface area contributed by atoms with E-state index >= 15 is 0 Å². The summed E-state index contributed by atoms with van der Waals surface area (Å²) in [6.45, 7) is 6.64. The lowest BCUT2D eigenvalue weighted by atomic mass is 9.45. The first kappa shape index (κ1) is 24.5. The van der Waals surface area contributed by atoms with Crippen molar-refractivity contribution < 1.29 is 23.8 Å². The normalized spacial score (nSPS) is 43.4. The Morgan fingerprint density at radius 3 is 2.53 bits per heavy atom. The average molecular weight is 473 g/mol. The maximum absolute atomic E-state index is 12.5. The van der Waals surface area contributed by atoms with E-state index in [1.807, 2.05) is 13.2 Å². The van der Waals surface area contributed by atoms with Gasteiger partial charge >= 0.3 is 5.97 Å². The predicted molar refractivity (Wildman–Crippen MR) is 130 cm³/mol. The van der Waals surface area contributed by atoms with Crippen molar-refractivity contribution in [2.24, 2.45) is 34.5 Å². The van der Waals surface area contributed by atoms with Crippen molar-refractivity contribution >= 4 is 11.8 Å². The van der Waals surface area contributed by atoms with Crippen LogP contribution in [0.5, 0.6) is 0 Å². The van der Waals surface area contributed by atoms with E-state index in [9.17, 15) is 9.59 Å². The number of rotatable bonds is 5. The van der Waals surface area contributed by atoms with Gasteiger partial charge in [0.2, 0.25) is 0 Å². The molecule has 0 unspecified atom stereocenters. The van der Waals surface area contributed by atoms with E-state index in [0.29, 0.717) is 30.8 Å². The molecule has 4 fully saturated rings. The van der Waals surface area contributed by atoms with Crippen molar-refractivity contribution in [2.45, 2.75) is 110 Å². The third kappa shape index (κ3) is 3.80. The second kappa shape index (κ2) is 9.03. The lowest BCUT2D eigenvalue weighted by Crippen LogP contribution is -2.57. The number of fused-ring (bicyclic) bond motifs is 5. The first-order valence-electron chi connectivity index (χ1n) is 13.8. The van der Waals surface area contributed by atoms with Crippen LogP contribution in [0.1, 0.15) is 97.8 Å². The molecule has 7 atom stereocenters. The standard InChI is InChI=1S/C29H44O5/c1-19-16-22(31)17-21-8-9-23-24-10-11-26(34-28(32-4)13-6-5-7-14-28)27(24,3)15-12-25(23)29(19,21)18-33-20(2)30/h17,19,23-26H,5-16,18H2,1-4H3/t19-,23+,24+,25+,26+,27+,29+/m1/s1. The largest absolute Gasteiger partial charge is 0.465 e. The molecule has 0 heterocycles. The van der Waals surface area contributed by atoms with Crippen molar-refractivity contribution in [1.29, 1.82) is 0 Å². The zero-order valence-electron chi connectivity index (χ0n) is 21.7. The van der Waals surface area contributed by atoms with Crippen LogP contribution in [-0.2, 0) is 23.8 Å². The van der Waals surface area contributed by atoms with E-state index in [1.165, 1.54) is 38.2 Å². The molecule has 5 heteroatoms. The van der Waals surface area contributed by atoms with Gasteiger partial charge in [-0.1, -0.05) is 25.8 Å². The minimum Gasteiger partial charge on any atom is -0.465 e. The number of carbonyl (C=O) groups excluding carboxylic acids is 2. The molecule has 4 saturated carbocycles. The Morgan fingerprint density at radius 1 is 1.06 bits per heavy atom. The summed E-state index contributed by atoms with van der Waals surface area (Å²) in [6, 6.07) is 0. The third-order valence-electron chi connectivity index (χ3n) is 10.9. The van der Waals surface area contributed by atoms with Crippen LogP contribution in [0.4, 0.5) is 0 Å². The number of carbonyl (C=O) groups is 2. The van der Waals surface area contributed by atoms with Gasteiger partial charge in [-0.25, -0.2) is 0 Å². The maximum atomic E-state index is 12.5. The Hall–Kier alpha value is -1.20. The summed E-state index contributed by atoms with van der Waals surface area (Å²) in [7, 11) is 1.83.